The fraction of sp³-hybridized carbons (Fsp3) is 0.333. The van der Waals surface area contributed by atoms with Crippen LogP contribution in [0, 0.1) is 0 Å². The lowest BCUT2D eigenvalue weighted by Gasteiger charge is -2.05. The Hall–Kier alpha value is -2.29. The van der Waals surface area contributed by atoms with Crippen LogP contribution >= 0.6 is 0 Å². The Morgan fingerprint density at radius 2 is 2.19 bits per heavy atom. The van der Waals surface area contributed by atoms with Crippen LogP contribution in [-0.2, 0) is 23.5 Å². The minimum atomic E-state index is -3.78. The number of amides is 1. The molecule has 2 rings (SSSR count). The third-order valence-electron chi connectivity index (χ3n) is 3.09. The van der Waals surface area contributed by atoms with Crippen LogP contribution in [0.2, 0.25) is 0 Å². The summed E-state index contributed by atoms with van der Waals surface area (Å²) in [5, 5.41) is 8.88. The summed E-state index contributed by atoms with van der Waals surface area (Å²) in [6, 6.07) is 1.32. The number of anilines is 1. The average molecular weight is 311 g/mol. The molecule has 2 aromatic rings. The molecular formula is C12H17N5O3S. The first-order chi connectivity index (χ1) is 9.89. The summed E-state index contributed by atoms with van der Waals surface area (Å²) >= 11 is 0. The largest absolute Gasteiger partial charge is 0.354 e. The first-order valence-corrected chi connectivity index (χ1v) is 7.81. The highest BCUT2D eigenvalue weighted by Gasteiger charge is 2.21. The van der Waals surface area contributed by atoms with Gasteiger partial charge < -0.3 is 9.88 Å². The number of aromatic nitrogens is 3. The van der Waals surface area contributed by atoms with Gasteiger partial charge in [-0.05, 0) is 12.5 Å². The number of carbonyl (C=O) groups is 1. The van der Waals surface area contributed by atoms with E-state index in [0.29, 0.717) is 12.2 Å². The van der Waals surface area contributed by atoms with Gasteiger partial charge in [-0.1, -0.05) is 6.92 Å². The van der Waals surface area contributed by atoms with Gasteiger partial charge in [-0.2, -0.15) is 5.10 Å². The summed E-state index contributed by atoms with van der Waals surface area (Å²) in [5.74, 6) is -0.0161. The summed E-state index contributed by atoms with van der Waals surface area (Å²) in [7, 11) is -0.687. The van der Waals surface area contributed by atoms with E-state index < -0.39 is 10.0 Å². The molecule has 1 amide bonds. The number of hydrogen-bond acceptors (Lipinski definition) is 4. The fourth-order valence-electron chi connectivity index (χ4n) is 1.90. The van der Waals surface area contributed by atoms with Gasteiger partial charge >= 0.3 is 0 Å². The summed E-state index contributed by atoms with van der Waals surface area (Å²) in [6.07, 6.45) is 3.60. The predicted molar refractivity (Wildman–Crippen MR) is 77.6 cm³/mol. The van der Waals surface area contributed by atoms with Gasteiger partial charge in [0, 0.05) is 25.9 Å². The van der Waals surface area contributed by atoms with Crippen LogP contribution in [0.4, 0.5) is 5.82 Å². The third kappa shape index (κ3) is 2.92. The standard InChI is InChI=1S/C12H17N5O3S/c1-4-8-6-14-15-11(8)16-21(19,20)9-5-10(12(18)13-2)17(3)7-9/h5-7H,4H2,1-3H3,(H,13,18)(H2,14,15,16). The topological polar surface area (TPSA) is 109 Å². The number of H-pyrrole nitrogens is 1. The van der Waals surface area contributed by atoms with E-state index in [1.807, 2.05) is 6.92 Å². The molecule has 0 fully saturated rings. The van der Waals surface area contributed by atoms with Crippen molar-refractivity contribution >= 4 is 21.7 Å². The number of hydrogen-bond donors (Lipinski definition) is 3. The van der Waals surface area contributed by atoms with E-state index >= 15 is 0 Å². The fourth-order valence-corrected chi connectivity index (χ4v) is 3.02. The highest BCUT2D eigenvalue weighted by molar-refractivity contribution is 7.92. The Labute approximate surface area is 122 Å². The normalized spacial score (nSPS) is 11.4. The summed E-state index contributed by atoms with van der Waals surface area (Å²) < 4.78 is 28.6. The van der Waals surface area contributed by atoms with Crippen molar-refractivity contribution in [2.75, 3.05) is 11.8 Å². The molecule has 0 atom stereocenters. The van der Waals surface area contributed by atoms with Gasteiger partial charge in [-0.3, -0.25) is 14.6 Å². The summed E-state index contributed by atoms with van der Waals surface area (Å²) in [5.41, 5.74) is 1.03. The highest BCUT2D eigenvalue weighted by atomic mass is 32.2. The number of aromatic amines is 1. The molecule has 0 saturated carbocycles. The van der Waals surface area contributed by atoms with Crippen LogP contribution in [0.15, 0.2) is 23.4 Å². The molecule has 9 heteroatoms. The number of nitrogens with zero attached hydrogens (tertiary/aromatic N) is 2. The first-order valence-electron chi connectivity index (χ1n) is 6.32. The lowest BCUT2D eigenvalue weighted by atomic mass is 10.3. The Morgan fingerprint density at radius 3 is 2.81 bits per heavy atom. The van der Waals surface area contributed by atoms with Gasteiger partial charge in [-0.15, -0.1) is 0 Å². The lowest BCUT2D eigenvalue weighted by molar-refractivity contribution is 0.0955. The van der Waals surface area contributed by atoms with Gasteiger partial charge in [-0.25, -0.2) is 8.42 Å². The van der Waals surface area contributed by atoms with Crippen molar-refractivity contribution in [3.8, 4) is 0 Å². The molecule has 0 aliphatic carbocycles. The van der Waals surface area contributed by atoms with Crippen LogP contribution in [0.1, 0.15) is 23.0 Å². The number of rotatable bonds is 5. The molecule has 114 valence electrons. The molecule has 0 spiro atoms. The van der Waals surface area contributed by atoms with Gasteiger partial charge in [0.15, 0.2) is 0 Å². The van der Waals surface area contributed by atoms with Gasteiger partial charge in [0.25, 0.3) is 15.9 Å². The van der Waals surface area contributed by atoms with E-state index in [1.54, 1.807) is 13.2 Å². The maximum Gasteiger partial charge on any atom is 0.267 e. The van der Waals surface area contributed by atoms with Crippen molar-refractivity contribution in [1.82, 2.24) is 20.1 Å². The van der Waals surface area contributed by atoms with Gasteiger partial charge in [0.05, 0.1) is 6.20 Å². The Morgan fingerprint density at radius 1 is 1.48 bits per heavy atom. The average Bonchev–Trinajstić information content (AvgIpc) is 3.04. The number of aryl methyl sites for hydroxylation is 2. The molecular weight excluding hydrogens is 294 g/mol. The zero-order chi connectivity index (χ0) is 15.6. The molecule has 0 aliphatic rings. The maximum atomic E-state index is 12.3. The highest BCUT2D eigenvalue weighted by Crippen LogP contribution is 2.19. The molecule has 3 N–H and O–H groups in total. The molecule has 0 saturated heterocycles. The van der Waals surface area contributed by atoms with Crippen LogP contribution in [0.3, 0.4) is 0 Å². The monoisotopic (exact) mass is 311 g/mol. The molecule has 0 aliphatic heterocycles. The Kier molecular flexibility index (Phi) is 4.03. The van der Waals surface area contributed by atoms with Gasteiger partial charge in [0.2, 0.25) is 0 Å². The maximum absolute atomic E-state index is 12.3. The van der Waals surface area contributed by atoms with Crippen molar-refractivity contribution in [1.29, 1.82) is 0 Å². The molecule has 8 nitrogen and oxygen atoms in total. The molecule has 2 heterocycles. The van der Waals surface area contributed by atoms with Crippen LogP contribution < -0.4 is 10.0 Å². The third-order valence-corrected chi connectivity index (χ3v) is 4.40. The van der Waals surface area contributed by atoms with E-state index in [1.165, 1.54) is 23.9 Å². The van der Waals surface area contributed by atoms with E-state index in [-0.39, 0.29) is 16.5 Å². The smallest absolute Gasteiger partial charge is 0.267 e. The van der Waals surface area contributed by atoms with Crippen molar-refractivity contribution < 1.29 is 13.2 Å². The minimum Gasteiger partial charge on any atom is -0.354 e. The number of carbonyl (C=O) groups excluding carboxylic acids is 1. The van der Waals surface area contributed by atoms with Crippen LogP contribution in [0.25, 0.3) is 0 Å². The number of nitrogens with one attached hydrogen (secondary N) is 3. The second-order valence-electron chi connectivity index (χ2n) is 4.48. The van der Waals surface area contributed by atoms with Crippen molar-refractivity contribution in [3.05, 3.63) is 29.7 Å². The quantitative estimate of drug-likeness (QED) is 0.745. The van der Waals surface area contributed by atoms with Crippen LogP contribution in [0.5, 0.6) is 0 Å². The Balaban J connectivity index is 2.34. The second-order valence-corrected chi connectivity index (χ2v) is 6.16. The molecule has 0 radical (unpaired) electrons. The number of sulfonamides is 1. The second kappa shape index (κ2) is 5.60. The first kappa shape index (κ1) is 15.1. The summed E-state index contributed by atoms with van der Waals surface area (Å²) in [4.78, 5) is 11.6. The van der Waals surface area contributed by atoms with Crippen LogP contribution in [-0.4, -0.2) is 36.1 Å². The lowest BCUT2D eigenvalue weighted by Crippen LogP contribution is -2.20. The zero-order valence-electron chi connectivity index (χ0n) is 12.0. The predicted octanol–water partition coefficient (Wildman–Crippen LogP) is 0.471. The Bertz CT molecular complexity index is 760. The SMILES string of the molecule is CCc1cn[nH]c1NS(=O)(=O)c1cc(C(=O)NC)n(C)c1. The summed E-state index contributed by atoms with van der Waals surface area (Å²) in [6.45, 7) is 1.90. The van der Waals surface area contributed by atoms with Crippen molar-refractivity contribution in [2.45, 2.75) is 18.2 Å². The molecule has 2 aromatic heterocycles. The van der Waals surface area contributed by atoms with E-state index in [0.717, 1.165) is 5.56 Å². The molecule has 0 unspecified atom stereocenters. The zero-order valence-corrected chi connectivity index (χ0v) is 12.8. The molecule has 21 heavy (non-hydrogen) atoms. The molecule has 0 bridgehead atoms. The van der Waals surface area contributed by atoms with Gasteiger partial charge in [0.1, 0.15) is 16.4 Å². The van der Waals surface area contributed by atoms with Crippen molar-refractivity contribution in [2.24, 2.45) is 7.05 Å². The van der Waals surface area contributed by atoms with Crippen molar-refractivity contribution in [3.63, 3.8) is 0 Å². The van der Waals surface area contributed by atoms with E-state index in [2.05, 4.69) is 20.2 Å². The minimum absolute atomic E-state index is 0.0141. The van der Waals surface area contributed by atoms with E-state index in [4.69, 9.17) is 0 Å². The molecule has 0 aromatic carbocycles. The van der Waals surface area contributed by atoms with E-state index in [9.17, 15) is 13.2 Å².